The number of rotatable bonds is 2. The first-order valence-electron chi connectivity index (χ1n) is 5.39. The van der Waals surface area contributed by atoms with Crippen LogP contribution < -0.4 is 11.3 Å². The molecular weight excluding hydrogens is 178 g/mol. The third-order valence-electron chi connectivity index (χ3n) is 3.12. The largest absolute Gasteiger partial charge is 0.293 e. The maximum Gasteiger partial charge on any atom is 0.250 e. The van der Waals surface area contributed by atoms with Crippen LogP contribution >= 0.6 is 0 Å². The van der Waals surface area contributed by atoms with E-state index in [2.05, 4.69) is 17.2 Å². The molecule has 0 aromatic carbocycles. The van der Waals surface area contributed by atoms with Crippen molar-refractivity contribution in [2.45, 2.75) is 39.2 Å². The summed E-state index contributed by atoms with van der Waals surface area (Å²) in [7, 11) is 0. The van der Waals surface area contributed by atoms with Crippen LogP contribution in [0, 0.1) is 5.92 Å². The van der Waals surface area contributed by atoms with Gasteiger partial charge in [-0.3, -0.25) is 15.1 Å². The van der Waals surface area contributed by atoms with Crippen LogP contribution in [0.1, 0.15) is 33.1 Å². The first-order chi connectivity index (χ1) is 6.65. The van der Waals surface area contributed by atoms with Crippen molar-refractivity contribution in [3.05, 3.63) is 0 Å². The Balaban J connectivity index is 2.46. The zero-order chi connectivity index (χ0) is 10.6. The molecule has 1 amide bonds. The monoisotopic (exact) mass is 199 g/mol. The number of nitrogens with zero attached hydrogens (tertiary/aromatic N) is 1. The Hall–Kier alpha value is -0.610. The van der Waals surface area contributed by atoms with Crippen molar-refractivity contribution in [2.75, 3.05) is 13.1 Å². The summed E-state index contributed by atoms with van der Waals surface area (Å²) >= 11 is 0. The molecule has 14 heavy (non-hydrogen) atoms. The van der Waals surface area contributed by atoms with Crippen LogP contribution in [0.3, 0.4) is 0 Å². The summed E-state index contributed by atoms with van der Waals surface area (Å²) < 4.78 is 0. The lowest BCUT2D eigenvalue weighted by Crippen LogP contribution is -2.47. The van der Waals surface area contributed by atoms with Crippen molar-refractivity contribution in [1.29, 1.82) is 0 Å². The number of carbonyl (C=O) groups is 1. The summed E-state index contributed by atoms with van der Waals surface area (Å²) in [6.45, 7) is 6.21. The number of likely N-dealkylation sites (tertiary alicyclic amines) is 1. The summed E-state index contributed by atoms with van der Waals surface area (Å²) in [5.74, 6) is 5.82. The molecule has 3 N–H and O–H groups in total. The predicted molar refractivity (Wildman–Crippen MR) is 56.4 cm³/mol. The van der Waals surface area contributed by atoms with Gasteiger partial charge in [0, 0.05) is 0 Å². The van der Waals surface area contributed by atoms with E-state index in [4.69, 9.17) is 5.84 Å². The Kier molecular flexibility index (Phi) is 4.35. The van der Waals surface area contributed by atoms with Gasteiger partial charge in [0.05, 0.1) is 6.04 Å². The molecule has 0 spiro atoms. The zero-order valence-corrected chi connectivity index (χ0v) is 9.12. The van der Waals surface area contributed by atoms with E-state index in [0.717, 1.165) is 19.0 Å². The molecular formula is C10H21N3O. The van der Waals surface area contributed by atoms with Crippen LogP contribution in [0.15, 0.2) is 0 Å². The highest BCUT2D eigenvalue weighted by Crippen LogP contribution is 2.17. The lowest BCUT2D eigenvalue weighted by molar-refractivity contribution is -0.125. The van der Waals surface area contributed by atoms with Gasteiger partial charge in [0.15, 0.2) is 0 Å². The number of amides is 1. The van der Waals surface area contributed by atoms with Gasteiger partial charge in [-0.05, 0) is 45.2 Å². The third kappa shape index (κ3) is 2.96. The molecule has 2 atom stereocenters. The smallest absolute Gasteiger partial charge is 0.250 e. The Bertz CT molecular complexity index is 196. The number of hydrogen-bond donors (Lipinski definition) is 2. The van der Waals surface area contributed by atoms with E-state index in [1.54, 1.807) is 0 Å². The lowest BCUT2D eigenvalue weighted by atomic mass is 10.0. The van der Waals surface area contributed by atoms with Crippen molar-refractivity contribution in [2.24, 2.45) is 11.8 Å². The van der Waals surface area contributed by atoms with Crippen LogP contribution in [-0.4, -0.2) is 29.9 Å². The second kappa shape index (κ2) is 5.32. The zero-order valence-electron chi connectivity index (χ0n) is 9.12. The first-order valence-corrected chi connectivity index (χ1v) is 5.39. The molecule has 1 heterocycles. The fourth-order valence-corrected chi connectivity index (χ4v) is 1.96. The summed E-state index contributed by atoms with van der Waals surface area (Å²) in [5.41, 5.74) is 2.21. The van der Waals surface area contributed by atoms with Gasteiger partial charge in [-0.15, -0.1) is 0 Å². The van der Waals surface area contributed by atoms with Crippen molar-refractivity contribution in [1.82, 2.24) is 10.3 Å². The van der Waals surface area contributed by atoms with Gasteiger partial charge in [-0.25, -0.2) is 5.84 Å². The average molecular weight is 199 g/mol. The van der Waals surface area contributed by atoms with E-state index in [1.165, 1.54) is 19.3 Å². The van der Waals surface area contributed by atoms with Crippen LogP contribution in [0.4, 0.5) is 0 Å². The molecule has 1 fully saturated rings. The molecule has 0 bridgehead atoms. The van der Waals surface area contributed by atoms with Crippen molar-refractivity contribution in [3.8, 4) is 0 Å². The summed E-state index contributed by atoms with van der Waals surface area (Å²) in [4.78, 5) is 13.5. The van der Waals surface area contributed by atoms with Gasteiger partial charge < -0.3 is 0 Å². The summed E-state index contributed by atoms with van der Waals surface area (Å²) in [5, 5.41) is 0. The average Bonchev–Trinajstić information content (AvgIpc) is 2.40. The Morgan fingerprint density at radius 1 is 1.50 bits per heavy atom. The van der Waals surface area contributed by atoms with Gasteiger partial charge in [-0.1, -0.05) is 6.92 Å². The summed E-state index contributed by atoms with van der Waals surface area (Å²) in [6, 6.07) is -0.0923. The lowest BCUT2D eigenvalue weighted by Gasteiger charge is -2.25. The Morgan fingerprint density at radius 3 is 2.86 bits per heavy atom. The molecule has 0 aromatic rings. The highest BCUT2D eigenvalue weighted by molar-refractivity contribution is 5.80. The molecule has 0 radical (unpaired) electrons. The Morgan fingerprint density at radius 2 is 2.21 bits per heavy atom. The SMILES string of the molecule is CC1CCCN(C(C)C(=O)NN)CC1. The number of nitrogens with two attached hydrogens (primary N) is 1. The van der Waals surface area contributed by atoms with Crippen LogP contribution in [0.25, 0.3) is 0 Å². The normalized spacial score (nSPS) is 26.6. The third-order valence-corrected chi connectivity index (χ3v) is 3.12. The van der Waals surface area contributed by atoms with E-state index in [-0.39, 0.29) is 11.9 Å². The van der Waals surface area contributed by atoms with Crippen molar-refractivity contribution in [3.63, 3.8) is 0 Å². The first kappa shape index (κ1) is 11.5. The molecule has 82 valence electrons. The molecule has 1 saturated heterocycles. The molecule has 1 aliphatic heterocycles. The van der Waals surface area contributed by atoms with Crippen LogP contribution in [0.2, 0.25) is 0 Å². The second-order valence-electron chi connectivity index (χ2n) is 4.26. The summed E-state index contributed by atoms with van der Waals surface area (Å²) in [6.07, 6.45) is 3.64. The number of hydrogen-bond acceptors (Lipinski definition) is 3. The molecule has 1 aliphatic rings. The number of nitrogens with one attached hydrogen (secondary N) is 1. The minimum Gasteiger partial charge on any atom is -0.293 e. The molecule has 0 aliphatic carbocycles. The minimum absolute atomic E-state index is 0.0837. The van der Waals surface area contributed by atoms with Gasteiger partial charge >= 0.3 is 0 Å². The van der Waals surface area contributed by atoms with Gasteiger partial charge in [0.1, 0.15) is 0 Å². The van der Waals surface area contributed by atoms with E-state index < -0.39 is 0 Å². The maximum absolute atomic E-state index is 11.3. The topological polar surface area (TPSA) is 58.4 Å². The molecule has 0 saturated carbocycles. The van der Waals surface area contributed by atoms with Gasteiger partial charge in [0.25, 0.3) is 5.91 Å². The van der Waals surface area contributed by atoms with Crippen LogP contribution in [-0.2, 0) is 4.79 Å². The fourth-order valence-electron chi connectivity index (χ4n) is 1.96. The van der Waals surface area contributed by atoms with Crippen LogP contribution in [0.5, 0.6) is 0 Å². The minimum atomic E-state index is -0.0923. The number of carbonyl (C=O) groups excluding carboxylic acids is 1. The van der Waals surface area contributed by atoms with Gasteiger partial charge in [0.2, 0.25) is 0 Å². The van der Waals surface area contributed by atoms with E-state index in [0.29, 0.717) is 0 Å². The van der Waals surface area contributed by atoms with E-state index >= 15 is 0 Å². The highest BCUT2D eigenvalue weighted by Gasteiger charge is 2.22. The quantitative estimate of drug-likeness (QED) is 0.386. The number of hydrazine groups is 1. The predicted octanol–water partition coefficient (Wildman–Crippen LogP) is 0.487. The van der Waals surface area contributed by atoms with E-state index in [1.807, 2.05) is 6.92 Å². The Labute approximate surface area is 85.8 Å². The maximum atomic E-state index is 11.3. The molecule has 1 rings (SSSR count). The fraction of sp³-hybridized carbons (Fsp3) is 0.900. The standard InChI is InChI=1S/C10H21N3O/c1-8-4-3-6-13(7-5-8)9(2)10(14)12-11/h8-9H,3-7,11H2,1-2H3,(H,12,14). The second-order valence-corrected chi connectivity index (χ2v) is 4.26. The molecule has 4 nitrogen and oxygen atoms in total. The molecule has 4 heteroatoms. The van der Waals surface area contributed by atoms with Gasteiger partial charge in [-0.2, -0.15) is 0 Å². The van der Waals surface area contributed by atoms with E-state index in [9.17, 15) is 4.79 Å². The highest BCUT2D eigenvalue weighted by atomic mass is 16.2. The van der Waals surface area contributed by atoms with Crippen molar-refractivity contribution >= 4 is 5.91 Å². The van der Waals surface area contributed by atoms with Crippen molar-refractivity contribution < 1.29 is 4.79 Å². The molecule has 0 aromatic heterocycles. The molecule has 2 unspecified atom stereocenters.